The minimum Gasteiger partial charge on any atom is -0.394 e. The molecule has 0 fully saturated rings. The molecule has 1 aromatic heterocycles. The van der Waals surface area contributed by atoms with E-state index in [9.17, 15) is 4.79 Å². The average Bonchev–Trinajstić information content (AvgIpc) is 2.86. The number of benzene rings is 1. The van der Waals surface area contributed by atoms with Gasteiger partial charge in [-0.15, -0.1) is 0 Å². The van der Waals surface area contributed by atoms with Crippen LogP contribution in [-0.2, 0) is 16.1 Å². The Balaban J connectivity index is 1.74. The molecular formula is C14H19N3O3. The number of carbonyl (C=O) groups excluding carboxylic acids is 1. The van der Waals surface area contributed by atoms with E-state index >= 15 is 0 Å². The molecule has 1 amide bonds. The first-order chi connectivity index (χ1) is 9.81. The van der Waals surface area contributed by atoms with E-state index in [0.29, 0.717) is 19.8 Å². The molecule has 2 N–H and O–H groups in total. The summed E-state index contributed by atoms with van der Waals surface area (Å²) in [7, 11) is 0. The van der Waals surface area contributed by atoms with Gasteiger partial charge in [0.25, 0.3) is 0 Å². The van der Waals surface area contributed by atoms with E-state index in [0.717, 1.165) is 17.5 Å². The molecule has 6 nitrogen and oxygen atoms in total. The van der Waals surface area contributed by atoms with Crippen LogP contribution < -0.4 is 5.32 Å². The number of fused-ring (bicyclic) bond motifs is 1. The first-order valence-electron chi connectivity index (χ1n) is 6.66. The highest BCUT2D eigenvalue weighted by molar-refractivity contribution is 5.80. The zero-order valence-corrected chi connectivity index (χ0v) is 11.3. The smallest absolute Gasteiger partial charge is 0.239 e. The van der Waals surface area contributed by atoms with Gasteiger partial charge in [-0.3, -0.25) is 4.79 Å². The highest BCUT2D eigenvalue weighted by Gasteiger charge is 2.06. The summed E-state index contributed by atoms with van der Waals surface area (Å²) in [5, 5.41) is 11.4. The van der Waals surface area contributed by atoms with Crippen LogP contribution in [0.2, 0.25) is 0 Å². The number of aliphatic hydroxyl groups is 1. The number of amides is 1. The van der Waals surface area contributed by atoms with Gasteiger partial charge >= 0.3 is 0 Å². The van der Waals surface area contributed by atoms with Crippen LogP contribution in [-0.4, -0.2) is 46.9 Å². The summed E-state index contributed by atoms with van der Waals surface area (Å²) in [6.07, 6.45) is 2.41. The van der Waals surface area contributed by atoms with E-state index in [1.807, 2.05) is 28.8 Å². The van der Waals surface area contributed by atoms with Gasteiger partial charge in [0.2, 0.25) is 5.91 Å². The summed E-state index contributed by atoms with van der Waals surface area (Å²) in [4.78, 5) is 16.0. The third kappa shape index (κ3) is 4.04. The summed E-state index contributed by atoms with van der Waals surface area (Å²) < 4.78 is 6.94. The number of imidazole rings is 1. The Bertz CT molecular complexity index is 553. The molecule has 2 aromatic rings. The van der Waals surface area contributed by atoms with E-state index in [-0.39, 0.29) is 19.1 Å². The first-order valence-corrected chi connectivity index (χ1v) is 6.66. The van der Waals surface area contributed by atoms with Crippen molar-refractivity contribution in [3.63, 3.8) is 0 Å². The van der Waals surface area contributed by atoms with Crippen LogP contribution in [0, 0.1) is 0 Å². The van der Waals surface area contributed by atoms with Gasteiger partial charge in [0.05, 0.1) is 30.6 Å². The van der Waals surface area contributed by atoms with Gasteiger partial charge in [-0.1, -0.05) is 12.1 Å². The number of hydrogen-bond donors (Lipinski definition) is 2. The molecule has 108 valence electrons. The van der Waals surface area contributed by atoms with Crippen LogP contribution in [0.1, 0.15) is 6.42 Å². The summed E-state index contributed by atoms with van der Waals surface area (Å²) in [6.45, 7) is 1.73. The van der Waals surface area contributed by atoms with Crippen molar-refractivity contribution in [2.24, 2.45) is 0 Å². The molecular weight excluding hydrogens is 258 g/mol. The molecule has 2 rings (SSSR count). The lowest BCUT2D eigenvalue weighted by Crippen LogP contribution is -2.28. The van der Waals surface area contributed by atoms with Gasteiger partial charge in [-0.2, -0.15) is 0 Å². The quantitative estimate of drug-likeness (QED) is 0.691. The van der Waals surface area contributed by atoms with E-state index in [1.165, 1.54) is 0 Å². The second-order valence-corrected chi connectivity index (χ2v) is 4.40. The molecule has 0 aliphatic heterocycles. The van der Waals surface area contributed by atoms with Gasteiger partial charge in [0, 0.05) is 13.2 Å². The van der Waals surface area contributed by atoms with Crippen molar-refractivity contribution < 1.29 is 14.6 Å². The standard InChI is InChI=1S/C14H19N3O3/c18-7-9-20-8-3-6-15-14(19)10-17-11-16-12-4-1-2-5-13(12)17/h1-2,4-5,11,18H,3,6-10H2,(H,15,19). The molecule has 1 aromatic carbocycles. The van der Waals surface area contributed by atoms with E-state index in [2.05, 4.69) is 10.3 Å². The number of aliphatic hydroxyl groups excluding tert-OH is 1. The Morgan fingerprint density at radius 1 is 1.35 bits per heavy atom. The van der Waals surface area contributed by atoms with Crippen LogP contribution in [0.5, 0.6) is 0 Å². The van der Waals surface area contributed by atoms with Crippen molar-refractivity contribution in [3.8, 4) is 0 Å². The van der Waals surface area contributed by atoms with Gasteiger partial charge in [-0.25, -0.2) is 4.98 Å². The Morgan fingerprint density at radius 2 is 2.20 bits per heavy atom. The number of rotatable bonds is 8. The monoisotopic (exact) mass is 277 g/mol. The molecule has 6 heteroatoms. The van der Waals surface area contributed by atoms with E-state index in [1.54, 1.807) is 6.33 Å². The zero-order chi connectivity index (χ0) is 14.2. The highest BCUT2D eigenvalue weighted by atomic mass is 16.5. The Morgan fingerprint density at radius 3 is 3.05 bits per heavy atom. The number of ether oxygens (including phenoxy) is 1. The normalized spacial score (nSPS) is 10.8. The fourth-order valence-electron chi connectivity index (χ4n) is 1.92. The highest BCUT2D eigenvalue weighted by Crippen LogP contribution is 2.11. The predicted molar refractivity (Wildman–Crippen MR) is 75.3 cm³/mol. The average molecular weight is 277 g/mol. The number of aromatic nitrogens is 2. The summed E-state index contributed by atoms with van der Waals surface area (Å²) in [5.74, 6) is -0.0460. The number of carbonyl (C=O) groups is 1. The third-order valence-electron chi connectivity index (χ3n) is 2.86. The Labute approximate surface area is 117 Å². The van der Waals surface area contributed by atoms with Crippen molar-refractivity contribution in [3.05, 3.63) is 30.6 Å². The number of nitrogens with one attached hydrogen (secondary N) is 1. The summed E-state index contributed by atoms with van der Waals surface area (Å²) in [5.41, 5.74) is 1.84. The molecule has 0 radical (unpaired) electrons. The van der Waals surface area contributed by atoms with Crippen molar-refractivity contribution in [2.45, 2.75) is 13.0 Å². The van der Waals surface area contributed by atoms with E-state index < -0.39 is 0 Å². The van der Waals surface area contributed by atoms with Crippen molar-refractivity contribution in [1.29, 1.82) is 0 Å². The second kappa shape index (κ2) is 7.62. The van der Waals surface area contributed by atoms with Gasteiger partial charge < -0.3 is 19.7 Å². The SMILES string of the molecule is O=C(Cn1cnc2ccccc21)NCCCOCCO. The number of nitrogens with zero attached hydrogens (tertiary/aromatic N) is 2. The van der Waals surface area contributed by atoms with Crippen molar-refractivity contribution >= 4 is 16.9 Å². The third-order valence-corrected chi connectivity index (χ3v) is 2.86. The molecule has 0 spiro atoms. The lowest BCUT2D eigenvalue weighted by molar-refractivity contribution is -0.121. The molecule has 0 unspecified atom stereocenters. The zero-order valence-electron chi connectivity index (χ0n) is 11.3. The molecule has 20 heavy (non-hydrogen) atoms. The second-order valence-electron chi connectivity index (χ2n) is 4.40. The lowest BCUT2D eigenvalue weighted by atomic mass is 10.3. The fourth-order valence-corrected chi connectivity index (χ4v) is 1.92. The topological polar surface area (TPSA) is 76.4 Å². The molecule has 0 saturated heterocycles. The number of para-hydroxylation sites is 2. The van der Waals surface area contributed by atoms with Gasteiger partial charge in [0.1, 0.15) is 6.54 Å². The molecule has 0 atom stereocenters. The molecule has 1 heterocycles. The first kappa shape index (κ1) is 14.5. The molecule has 0 saturated carbocycles. The van der Waals surface area contributed by atoms with Crippen LogP contribution in [0.25, 0.3) is 11.0 Å². The Hall–Kier alpha value is -1.92. The van der Waals surface area contributed by atoms with Gasteiger partial charge in [-0.05, 0) is 18.6 Å². The minimum absolute atomic E-state index is 0.0278. The maximum Gasteiger partial charge on any atom is 0.239 e. The predicted octanol–water partition coefficient (Wildman–Crippen LogP) is 0.552. The van der Waals surface area contributed by atoms with Crippen LogP contribution in [0.3, 0.4) is 0 Å². The maximum atomic E-state index is 11.8. The maximum absolute atomic E-state index is 11.8. The largest absolute Gasteiger partial charge is 0.394 e. The molecule has 0 aliphatic carbocycles. The Kier molecular flexibility index (Phi) is 5.52. The van der Waals surface area contributed by atoms with Crippen LogP contribution >= 0.6 is 0 Å². The fraction of sp³-hybridized carbons (Fsp3) is 0.429. The van der Waals surface area contributed by atoms with Crippen LogP contribution in [0.4, 0.5) is 0 Å². The summed E-state index contributed by atoms with van der Waals surface area (Å²) >= 11 is 0. The summed E-state index contributed by atoms with van der Waals surface area (Å²) in [6, 6.07) is 7.71. The molecule has 0 bridgehead atoms. The molecule has 0 aliphatic rings. The van der Waals surface area contributed by atoms with E-state index in [4.69, 9.17) is 9.84 Å². The number of hydrogen-bond acceptors (Lipinski definition) is 4. The lowest BCUT2D eigenvalue weighted by Gasteiger charge is -2.07. The minimum atomic E-state index is -0.0460. The van der Waals surface area contributed by atoms with Gasteiger partial charge in [0.15, 0.2) is 0 Å². The van der Waals surface area contributed by atoms with Crippen molar-refractivity contribution in [2.75, 3.05) is 26.4 Å². The van der Waals surface area contributed by atoms with Crippen molar-refractivity contribution in [1.82, 2.24) is 14.9 Å². The van der Waals surface area contributed by atoms with Crippen LogP contribution in [0.15, 0.2) is 30.6 Å².